The standard InChI is InChI=1S/C18H34N2O9/c1-7(23)20-11-14(26)12(24)8(5-21)28-17(11)29-15-9(6-22)27-16(18(2,3)4)10(19)13(15)25/h8-17,21-22,24-26H,5-6,19H2,1-4H3,(H,20,23)/t8?,9-,10?,11?,12?,13?,14?,15?,16?,17?/m0/s1. The molecule has 8 N–H and O–H groups in total. The molecule has 10 atom stereocenters. The zero-order valence-corrected chi connectivity index (χ0v) is 17.1. The molecule has 2 heterocycles. The van der Waals surface area contributed by atoms with Gasteiger partial charge in [-0.05, 0) is 5.41 Å². The second kappa shape index (κ2) is 9.50. The average Bonchev–Trinajstić information content (AvgIpc) is 2.63. The Morgan fingerprint density at radius 2 is 1.62 bits per heavy atom. The van der Waals surface area contributed by atoms with Gasteiger partial charge in [-0.2, -0.15) is 0 Å². The molecule has 170 valence electrons. The van der Waals surface area contributed by atoms with E-state index in [1.807, 2.05) is 20.8 Å². The van der Waals surface area contributed by atoms with Gasteiger partial charge in [0.15, 0.2) is 6.29 Å². The lowest BCUT2D eigenvalue weighted by atomic mass is 9.79. The van der Waals surface area contributed by atoms with Gasteiger partial charge in [0.25, 0.3) is 0 Å². The van der Waals surface area contributed by atoms with E-state index in [1.54, 1.807) is 0 Å². The van der Waals surface area contributed by atoms with Gasteiger partial charge in [-0.1, -0.05) is 20.8 Å². The number of hydrogen-bond donors (Lipinski definition) is 7. The number of carbonyl (C=O) groups is 1. The van der Waals surface area contributed by atoms with Gasteiger partial charge in [-0.3, -0.25) is 4.79 Å². The highest BCUT2D eigenvalue weighted by Crippen LogP contribution is 2.34. The molecule has 11 nitrogen and oxygen atoms in total. The minimum Gasteiger partial charge on any atom is -0.394 e. The van der Waals surface area contributed by atoms with Gasteiger partial charge in [0.05, 0.1) is 25.4 Å². The van der Waals surface area contributed by atoms with Crippen LogP contribution in [-0.4, -0.2) is 106 Å². The summed E-state index contributed by atoms with van der Waals surface area (Å²) in [6, 6.07) is -2.02. The molecular formula is C18H34N2O9. The molecule has 0 saturated carbocycles. The third-order valence-corrected chi connectivity index (χ3v) is 5.34. The molecule has 0 bridgehead atoms. The minimum atomic E-state index is -1.50. The number of nitrogens with one attached hydrogen (secondary N) is 1. The first kappa shape index (κ1) is 24.4. The molecule has 0 aromatic heterocycles. The molecule has 0 spiro atoms. The molecule has 0 radical (unpaired) electrons. The molecule has 9 unspecified atom stereocenters. The second-order valence-electron chi connectivity index (χ2n) is 8.75. The molecule has 2 fully saturated rings. The van der Waals surface area contributed by atoms with Crippen molar-refractivity contribution >= 4 is 5.91 Å². The van der Waals surface area contributed by atoms with Crippen molar-refractivity contribution in [3.8, 4) is 0 Å². The molecule has 2 rings (SSSR count). The molecule has 29 heavy (non-hydrogen) atoms. The molecule has 0 aromatic carbocycles. The molecule has 0 aromatic rings. The number of nitrogens with two attached hydrogens (primary N) is 1. The molecule has 11 heteroatoms. The Labute approximate surface area is 169 Å². The van der Waals surface area contributed by atoms with Crippen molar-refractivity contribution in [3.05, 3.63) is 0 Å². The van der Waals surface area contributed by atoms with Crippen molar-refractivity contribution in [1.29, 1.82) is 0 Å². The Morgan fingerprint density at radius 3 is 2.10 bits per heavy atom. The first-order chi connectivity index (χ1) is 13.4. The van der Waals surface area contributed by atoms with Crippen LogP contribution in [0.4, 0.5) is 0 Å². The van der Waals surface area contributed by atoms with Gasteiger partial charge >= 0.3 is 0 Å². The first-order valence-electron chi connectivity index (χ1n) is 9.67. The fourth-order valence-corrected chi connectivity index (χ4v) is 3.81. The highest BCUT2D eigenvalue weighted by Gasteiger charge is 2.52. The smallest absolute Gasteiger partial charge is 0.217 e. The minimum absolute atomic E-state index is 0.416. The Hall–Kier alpha value is -0.890. The highest BCUT2D eigenvalue weighted by atomic mass is 16.7. The monoisotopic (exact) mass is 422 g/mol. The number of carbonyl (C=O) groups excluding carboxylic acids is 1. The lowest BCUT2D eigenvalue weighted by Gasteiger charge is -2.50. The predicted molar refractivity (Wildman–Crippen MR) is 99.4 cm³/mol. The van der Waals surface area contributed by atoms with Crippen LogP contribution in [0, 0.1) is 5.41 Å². The Morgan fingerprint density at radius 1 is 1.03 bits per heavy atom. The number of amides is 1. The third kappa shape index (κ3) is 5.24. The number of rotatable bonds is 5. The summed E-state index contributed by atoms with van der Waals surface area (Å²) in [7, 11) is 0. The van der Waals surface area contributed by atoms with Crippen molar-refractivity contribution in [2.45, 2.75) is 88.8 Å². The number of hydrogen-bond acceptors (Lipinski definition) is 10. The topological polar surface area (TPSA) is 184 Å². The predicted octanol–water partition coefficient (Wildman–Crippen LogP) is -3.19. The number of ether oxygens (including phenoxy) is 3. The maximum absolute atomic E-state index is 11.5. The van der Waals surface area contributed by atoms with Gasteiger partial charge in [-0.25, -0.2) is 0 Å². The van der Waals surface area contributed by atoms with Crippen molar-refractivity contribution in [3.63, 3.8) is 0 Å². The average molecular weight is 422 g/mol. The van der Waals surface area contributed by atoms with Crippen molar-refractivity contribution in [2.24, 2.45) is 11.1 Å². The summed E-state index contributed by atoms with van der Waals surface area (Å²) < 4.78 is 17.2. The second-order valence-corrected chi connectivity index (χ2v) is 8.75. The molecular weight excluding hydrogens is 388 g/mol. The van der Waals surface area contributed by atoms with Crippen molar-refractivity contribution in [1.82, 2.24) is 5.32 Å². The van der Waals surface area contributed by atoms with Crippen LogP contribution < -0.4 is 11.1 Å². The van der Waals surface area contributed by atoms with Gasteiger partial charge < -0.3 is 50.8 Å². The van der Waals surface area contributed by atoms with E-state index in [1.165, 1.54) is 6.92 Å². The lowest BCUT2D eigenvalue weighted by molar-refractivity contribution is -0.317. The normalized spacial score (nSPS) is 43.8. The van der Waals surface area contributed by atoms with Gasteiger partial charge in [0.2, 0.25) is 5.91 Å². The molecule has 0 aliphatic carbocycles. The van der Waals surface area contributed by atoms with E-state index < -0.39 is 85.6 Å². The van der Waals surface area contributed by atoms with Crippen molar-refractivity contribution < 1.29 is 44.5 Å². The highest BCUT2D eigenvalue weighted by molar-refractivity contribution is 5.73. The van der Waals surface area contributed by atoms with Crippen LogP contribution in [0.5, 0.6) is 0 Å². The number of aliphatic hydroxyl groups is 5. The SMILES string of the molecule is CC(=O)NC1C(OC2C(O)C(N)C(C(C)(C)C)O[C@H]2CO)OC(CO)C(O)C1O. The summed E-state index contributed by atoms with van der Waals surface area (Å²) >= 11 is 0. The van der Waals surface area contributed by atoms with E-state index in [0.29, 0.717) is 0 Å². The summed E-state index contributed by atoms with van der Waals surface area (Å²) in [6.07, 6.45) is -9.39. The molecule has 2 saturated heterocycles. The fraction of sp³-hybridized carbons (Fsp3) is 0.944. The maximum atomic E-state index is 11.5. The van der Waals surface area contributed by atoms with Crippen LogP contribution in [0.2, 0.25) is 0 Å². The molecule has 1 amide bonds. The van der Waals surface area contributed by atoms with Crippen LogP contribution in [-0.2, 0) is 19.0 Å². The number of aliphatic hydroxyl groups excluding tert-OH is 5. The van der Waals surface area contributed by atoms with E-state index in [-0.39, 0.29) is 0 Å². The van der Waals surface area contributed by atoms with Crippen LogP contribution in [0.1, 0.15) is 27.7 Å². The van der Waals surface area contributed by atoms with Crippen LogP contribution in [0.15, 0.2) is 0 Å². The van der Waals surface area contributed by atoms with Crippen LogP contribution in [0.25, 0.3) is 0 Å². The largest absolute Gasteiger partial charge is 0.394 e. The summed E-state index contributed by atoms with van der Waals surface area (Å²) in [5, 5.41) is 52.9. The Kier molecular flexibility index (Phi) is 7.99. The molecule has 2 aliphatic heterocycles. The quantitative estimate of drug-likeness (QED) is 0.238. The van der Waals surface area contributed by atoms with Gasteiger partial charge in [0, 0.05) is 6.92 Å². The summed E-state index contributed by atoms with van der Waals surface area (Å²) in [5.74, 6) is -0.510. The Bertz CT molecular complexity index is 556. The van der Waals surface area contributed by atoms with Crippen LogP contribution >= 0.6 is 0 Å². The fourth-order valence-electron chi connectivity index (χ4n) is 3.81. The van der Waals surface area contributed by atoms with E-state index in [9.17, 15) is 30.3 Å². The first-order valence-corrected chi connectivity index (χ1v) is 9.67. The van der Waals surface area contributed by atoms with E-state index in [4.69, 9.17) is 19.9 Å². The van der Waals surface area contributed by atoms with E-state index >= 15 is 0 Å². The van der Waals surface area contributed by atoms with Crippen molar-refractivity contribution in [2.75, 3.05) is 13.2 Å². The van der Waals surface area contributed by atoms with E-state index in [0.717, 1.165) is 0 Å². The zero-order chi connectivity index (χ0) is 22.1. The zero-order valence-electron chi connectivity index (χ0n) is 17.1. The summed E-state index contributed by atoms with van der Waals surface area (Å²) in [5.41, 5.74) is 5.75. The lowest BCUT2D eigenvalue weighted by Crippen LogP contribution is -2.69. The van der Waals surface area contributed by atoms with Crippen LogP contribution in [0.3, 0.4) is 0 Å². The summed E-state index contributed by atoms with van der Waals surface area (Å²) in [6.45, 7) is 5.80. The van der Waals surface area contributed by atoms with Gasteiger partial charge in [0.1, 0.15) is 42.7 Å². The Balaban J connectivity index is 2.26. The van der Waals surface area contributed by atoms with E-state index in [2.05, 4.69) is 5.32 Å². The third-order valence-electron chi connectivity index (χ3n) is 5.34. The summed E-state index contributed by atoms with van der Waals surface area (Å²) in [4.78, 5) is 11.5. The van der Waals surface area contributed by atoms with Gasteiger partial charge in [-0.15, -0.1) is 0 Å². The maximum Gasteiger partial charge on any atom is 0.217 e. The molecule has 2 aliphatic rings.